The van der Waals surface area contributed by atoms with Crippen LogP contribution in [-0.4, -0.2) is 39.2 Å². The minimum absolute atomic E-state index is 0.00933. The van der Waals surface area contributed by atoms with Crippen LogP contribution < -0.4 is 4.74 Å². The highest BCUT2D eigenvalue weighted by atomic mass is 16.5. The van der Waals surface area contributed by atoms with E-state index in [0.29, 0.717) is 18.7 Å². The minimum Gasteiger partial charge on any atom is -0.497 e. The number of hydrogen-bond acceptors (Lipinski definition) is 5. The normalized spacial score (nSPS) is 16.3. The van der Waals surface area contributed by atoms with E-state index in [1.165, 1.54) is 5.56 Å². The third kappa shape index (κ3) is 3.84. The van der Waals surface area contributed by atoms with Gasteiger partial charge < -0.3 is 18.7 Å². The van der Waals surface area contributed by atoms with Crippen LogP contribution in [0, 0.1) is 20.8 Å². The Morgan fingerprint density at radius 2 is 2.00 bits per heavy atom. The molecule has 1 aliphatic rings. The Morgan fingerprint density at radius 1 is 1.23 bits per heavy atom. The Hall–Kier alpha value is -3.09. The van der Waals surface area contributed by atoms with Gasteiger partial charge in [-0.05, 0) is 51.3 Å². The number of aryl methyl sites for hydroxylation is 3. The molecule has 7 nitrogen and oxygen atoms in total. The zero-order chi connectivity index (χ0) is 21.3. The molecule has 2 aromatic heterocycles. The van der Waals surface area contributed by atoms with Gasteiger partial charge in [-0.3, -0.25) is 4.79 Å². The summed E-state index contributed by atoms with van der Waals surface area (Å²) in [7, 11) is 1.67. The highest BCUT2D eigenvalue weighted by Gasteiger charge is 2.34. The number of imidazole rings is 1. The fraction of sp³-hybridized carbons (Fsp3) is 0.435. The molecule has 158 valence electrons. The Kier molecular flexibility index (Phi) is 5.61. The van der Waals surface area contributed by atoms with Gasteiger partial charge in [0, 0.05) is 30.5 Å². The lowest BCUT2D eigenvalue weighted by Crippen LogP contribution is -2.33. The molecule has 1 saturated heterocycles. The maximum absolute atomic E-state index is 13.2. The van der Waals surface area contributed by atoms with Crippen molar-refractivity contribution in [3.63, 3.8) is 0 Å². The number of carbonyl (C=O) groups is 1. The predicted molar refractivity (Wildman–Crippen MR) is 112 cm³/mol. The molecule has 1 amide bonds. The highest BCUT2D eigenvalue weighted by molar-refractivity contribution is 5.80. The number of nitrogens with zero attached hydrogens (tertiary/aromatic N) is 4. The molecular weight excluding hydrogens is 380 g/mol. The van der Waals surface area contributed by atoms with E-state index in [0.717, 1.165) is 47.9 Å². The lowest BCUT2D eigenvalue weighted by molar-refractivity contribution is -0.131. The number of benzene rings is 1. The van der Waals surface area contributed by atoms with Gasteiger partial charge in [-0.2, -0.15) is 0 Å². The molecule has 7 heteroatoms. The molecule has 0 saturated carbocycles. The summed E-state index contributed by atoms with van der Waals surface area (Å²) in [5.74, 6) is 2.61. The summed E-state index contributed by atoms with van der Waals surface area (Å²) in [4.78, 5) is 19.8. The second-order valence-electron chi connectivity index (χ2n) is 7.92. The minimum atomic E-state index is -0.00933. The van der Waals surface area contributed by atoms with E-state index in [2.05, 4.69) is 28.8 Å². The van der Waals surface area contributed by atoms with E-state index in [1.807, 2.05) is 37.1 Å². The third-order valence-corrected chi connectivity index (χ3v) is 5.97. The molecule has 0 aliphatic carbocycles. The van der Waals surface area contributed by atoms with E-state index in [-0.39, 0.29) is 11.9 Å². The maximum atomic E-state index is 13.2. The van der Waals surface area contributed by atoms with Crippen LogP contribution in [-0.2, 0) is 17.8 Å². The second-order valence-corrected chi connectivity index (χ2v) is 7.92. The van der Waals surface area contributed by atoms with Gasteiger partial charge >= 0.3 is 0 Å². The monoisotopic (exact) mass is 408 g/mol. The number of ether oxygens (including phenoxy) is 1. The zero-order valence-electron chi connectivity index (χ0n) is 18.0. The number of carbonyl (C=O) groups excluding carboxylic acids is 1. The van der Waals surface area contributed by atoms with Crippen molar-refractivity contribution in [3.05, 3.63) is 64.6 Å². The molecule has 4 rings (SSSR count). The van der Waals surface area contributed by atoms with Crippen molar-refractivity contribution >= 4 is 5.91 Å². The number of amides is 1. The quantitative estimate of drug-likeness (QED) is 0.621. The van der Waals surface area contributed by atoms with Crippen LogP contribution in [0.5, 0.6) is 5.75 Å². The predicted octanol–water partition coefficient (Wildman–Crippen LogP) is 3.76. The average Bonchev–Trinajstić information content (AvgIpc) is 3.44. The number of aromatic nitrogens is 3. The van der Waals surface area contributed by atoms with Gasteiger partial charge in [0.1, 0.15) is 17.3 Å². The highest BCUT2D eigenvalue weighted by Crippen LogP contribution is 2.33. The first-order valence-electron chi connectivity index (χ1n) is 10.3. The van der Waals surface area contributed by atoms with E-state index in [9.17, 15) is 4.79 Å². The van der Waals surface area contributed by atoms with Crippen molar-refractivity contribution in [1.29, 1.82) is 0 Å². The second kappa shape index (κ2) is 8.34. The SMILES string of the molecule is COc1ccc(Cn2c(C)cnc2[C@@H]2CCCN2C(=O)Cc2c(C)noc2C)cc1. The van der Waals surface area contributed by atoms with Crippen molar-refractivity contribution in [2.75, 3.05) is 13.7 Å². The van der Waals surface area contributed by atoms with Gasteiger partial charge in [0.2, 0.25) is 5.91 Å². The molecular formula is C23H28N4O3. The Labute approximate surface area is 176 Å². The first-order valence-corrected chi connectivity index (χ1v) is 10.3. The molecule has 1 aliphatic heterocycles. The first kappa shape index (κ1) is 20.2. The van der Waals surface area contributed by atoms with Crippen LogP contribution in [0.25, 0.3) is 0 Å². The molecule has 1 aromatic carbocycles. The molecule has 0 bridgehead atoms. The summed E-state index contributed by atoms with van der Waals surface area (Å²) in [6.07, 6.45) is 4.11. The number of methoxy groups -OCH3 is 1. The summed E-state index contributed by atoms with van der Waals surface area (Å²) >= 11 is 0. The molecule has 3 aromatic rings. The smallest absolute Gasteiger partial charge is 0.227 e. The summed E-state index contributed by atoms with van der Waals surface area (Å²) in [6.45, 7) is 7.26. The zero-order valence-corrected chi connectivity index (χ0v) is 18.0. The molecule has 0 radical (unpaired) electrons. The lowest BCUT2D eigenvalue weighted by Gasteiger charge is -2.25. The van der Waals surface area contributed by atoms with Gasteiger partial charge in [-0.25, -0.2) is 4.98 Å². The Bertz CT molecular complexity index is 1020. The maximum Gasteiger partial charge on any atom is 0.227 e. The van der Waals surface area contributed by atoms with Crippen molar-refractivity contribution in [3.8, 4) is 5.75 Å². The first-order chi connectivity index (χ1) is 14.5. The van der Waals surface area contributed by atoms with E-state index in [4.69, 9.17) is 14.2 Å². The van der Waals surface area contributed by atoms with Crippen LogP contribution in [0.1, 0.15) is 53.0 Å². The summed E-state index contributed by atoms with van der Waals surface area (Å²) in [6, 6.07) is 8.06. The average molecular weight is 409 g/mol. The Morgan fingerprint density at radius 3 is 2.67 bits per heavy atom. The van der Waals surface area contributed by atoms with Crippen molar-refractivity contribution in [2.45, 2.75) is 52.6 Å². The van der Waals surface area contributed by atoms with Crippen LogP contribution in [0.2, 0.25) is 0 Å². The summed E-state index contributed by atoms with van der Waals surface area (Å²) < 4.78 is 12.7. The van der Waals surface area contributed by atoms with Gasteiger partial charge in [-0.15, -0.1) is 0 Å². The molecule has 0 spiro atoms. The van der Waals surface area contributed by atoms with Gasteiger partial charge in [-0.1, -0.05) is 17.3 Å². The molecule has 0 N–H and O–H groups in total. The van der Waals surface area contributed by atoms with E-state index >= 15 is 0 Å². The number of likely N-dealkylation sites (tertiary alicyclic amines) is 1. The summed E-state index contributed by atoms with van der Waals surface area (Å²) in [5, 5.41) is 3.98. The largest absolute Gasteiger partial charge is 0.497 e. The lowest BCUT2D eigenvalue weighted by atomic mass is 10.1. The molecule has 30 heavy (non-hydrogen) atoms. The standard InChI is InChI=1S/C23H28N4O3/c1-15-13-24-23(27(15)14-18-7-9-19(29-4)10-8-18)21-6-5-11-26(21)22(28)12-20-16(2)25-30-17(20)3/h7-10,13,21H,5-6,11-12,14H2,1-4H3/t21-/m0/s1. The molecule has 3 heterocycles. The number of rotatable bonds is 6. The van der Waals surface area contributed by atoms with Crippen LogP contribution >= 0.6 is 0 Å². The molecule has 0 unspecified atom stereocenters. The molecule has 1 atom stereocenters. The number of hydrogen-bond donors (Lipinski definition) is 0. The van der Waals surface area contributed by atoms with Crippen molar-refractivity contribution < 1.29 is 14.1 Å². The van der Waals surface area contributed by atoms with Crippen LogP contribution in [0.15, 0.2) is 35.0 Å². The fourth-order valence-electron chi connectivity index (χ4n) is 4.21. The van der Waals surface area contributed by atoms with Crippen LogP contribution in [0.4, 0.5) is 0 Å². The topological polar surface area (TPSA) is 73.4 Å². The molecule has 1 fully saturated rings. The van der Waals surface area contributed by atoms with E-state index < -0.39 is 0 Å². The third-order valence-electron chi connectivity index (χ3n) is 5.97. The fourth-order valence-corrected chi connectivity index (χ4v) is 4.21. The van der Waals surface area contributed by atoms with Gasteiger partial charge in [0.25, 0.3) is 0 Å². The van der Waals surface area contributed by atoms with E-state index in [1.54, 1.807) is 7.11 Å². The van der Waals surface area contributed by atoms with Crippen molar-refractivity contribution in [1.82, 2.24) is 19.6 Å². The summed E-state index contributed by atoms with van der Waals surface area (Å²) in [5.41, 5.74) is 3.94. The Balaban J connectivity index is 1.56. The van der Waals surface area contributed by atoms with Crippen molar-refractivity contribution in [2.24, 2.45) is 0 Å². The van der Waals surface area contributed by atoms with Gasteiger partial charge in [0.05, 0.1) is 25.3 Å². The van der Waals surface area contributed by atoms with Crippen LogP contribution in [0.3, 0.4) is 0 Å². The van der Waals surface area contributed by atoms with Gasteiger partial charge in [0.15, 0.2) is 0 Å².